The minimum absolute atomic E-state index is 0. The minimum Gasteiger partial charge on any atom is -0.490 e. The summed E-state index contributed by atoms with van der Waals surface area (Å²) in [7, 11) is 0. The van der Waals surface area contributed by atoms with Crippen molar-refractivity contribution in [1.82, 2.24) is 10.2 Å². The zero-order chi connectivity index (χ0) is 15.6. The molecule has 0 bridgehead atoms. The number of hydrogen-bond donors (Lipinski definition) is 1. The van der Waals surface area contributed by atoms with Gasteiger partial charge in [0.05, 0.1) is 6.61 Å². The summed E-state index contributed by atoms with van der Waals surface area (Å²) in [6.45, 7) is 6.00. The Morgan fingerprint density at radius 3 is 2.61 bits per heavy atom. The number of hydrogen-bond acceptors (Lipinski definition) is 4. The molecule has 1 aromatic rings. The number of halogens is 1. The van der Waals surface area contributed by atoms with Crippen LogP contribution in [0.1, 0.15) is 26.2 Å². The molecule has 0 radical (unpaired) electrons. The third-order valence-corrected chi connectivity index (χ3v) is 3.78. The normalized spacial score (nSPS) is 15.5. The Hall–Kier alpha value is -1.46. The summed E-state index contributed by atoms with van der Waals surface area (Å²) in [5.41, 5.74) is 0. The first-order valence-corrected chi connectivity index (χ1v) is 8.12. The third kappa shape index (κ3) is 7.57. The molecule has 1 amide bonds. The van der Waals surface area contributed by atoms with Gasteiger partial charge in [-0.25, -0.2) is 4.79 Å². The van der Waals surface area contributed by atoms with Crippen molar-refractivity contribution in [2.24, 2.45) is 0 Å². The number of carbonyl (C=O) groups is 1. The molecule has 0 aromatic heterocycles. The number of carbonyl (C=O) groups excluding carboxylic acids is 1. The van der Waals surface area contributed by atoms with Gasteiger partial charge in [-0.15, -0.1) is 12.4 Å². The lowest BCUT2D eigenvalue weighted by Crippen LogP contribution is -2.39. The molecule has 1 fully saturated rings. The molecule has 0 spiro atoms. The lowest BCUT2D eigenvalue weighted by Gasteiger charge is -2.32. The van der Waals surface area contributed by atoms with Crippen LogP contribution in [0.3, 0.4) is 0 Å². The molecule has 0 unspecified atom stereocenters. The first-order valence-electron chi connectivity index (χ1n) is 8.12. The van der Waals surface area contributed by atoms with Crippen molar-refractivity contribution in [2.75, 3.05) is 32.8 Å². The zero-order valence-electron chi connectivity index (χ0n) is 13.7. The van der Waals surface area contributed by atoms with Gasteiger partial charge in [0.2, 0.25) is 0 Å². The van der Waals surface area contributed by atoms with E-state index in [1.54, 1.807) is 6.92 Å². The highest BCUT2D eigenvalue weighted by Crippen LogP contribution is 2.18. The van der Waals surface area contributed by atoms with E-state index in [1.807, 2.05) is 30.3 Å². The number of alkyl carbamates (subject to hydrolysis) is 1. The lowest BCUT2D eigenvalue weighted by atomic mass is 10.1. The van der Waals surface area contributed by atoms with Crippen molar-refractivity contribution in [3.8, 4) is 5.75 Å². The number of para-hydroxylation sites is 1. The monoisotopic (exact) mass is 342 g/mol. The highest BCUT2D eigenvalue weighted by Gasteiger charge is 2.20. The Morgan fingerprint density at radius 1 is 1.26 bits per heavy atom. The van der Waals surface area contributed by atoms with E-state index in [1.165, 1.54) is 0 Å². The number of rotatable bonds is 7. The van der Waals surface area contributed by atoms with Crippen molar-refractivity contribution in [1.29, 1.82) is 0 Å². The summed E-state index contributed by atoms with van der Waals surface area (Å²) in [6, 6.07) is 10.0. The Bertz CT molecular complexity index is 437. The number of nitrogens with one attached hydrogen (secondary N) is 1. The summed E-state index contributed by atoms with van der Waals surface area (Å²) < 4.78 is 10.8. The second kappa shape index (κ2) is 11.1. The van der Waals surface area contributed by atoms with E-state index < -0.39 is 0 Å². The van der Waals surface area contributed by atoms with Crippen molar-refractivity contribution >= 4 is 18.5 Å². The van der Waals surface area contributed by atoms with Gasteiger partial charge in [-0.3, -0.25) is 0 Å². The number of amides is 1. The minimum atomic E-state index is -0.322. The highest BCUT2D eigenvalue weighted by atomic mass is 35.5. The van der Waals surface area contributed by atoms with Crippen LogP contribution in [-0.2, 0) is 4.74 Å². The fourth-order valence-corrected chi connectivity index (χ4v) is 2.62. The molecule has 0 atom stereocenters. The van der Waals surface area contributed by atoms with Gasteiger partial charge in [0.15, 0.2) is 0 Å². The van der Waals surface area contributed by atoms with Crippen LogP contribution in [0.4, 0.5) is 4.79 Å². The van der Waals surface area contributed by atoms with Crippen LogP contribution in [0.2, 0.25) is 0 Å². The second-order valence-corrected chi connectivity index (χ2v) is 5.47. The average molecular weight is 343 g/mol. The number of ether oxygens (including phenoxy) is 2. The first kappa shape index (κ1) is 19.6. The second-order valence-electron chi connectivity index (χ2n) is 5.47. The largest absolute Gasteiger partial charge is 0.490 e. The van der Waals surface area contributed by atoms with Crippen LogP contribution >= 0.6 is 12.4 Å². The predicted molar refractivity (Wildman–Crippen MR) is 93.4 cm³/mol. The van der Waals surface area contributed by atoms with Crippen LogP contribution in [0, 0.1) is 0 Å². The summed E-state index contributed by atoms with van der Waals surface area (Å²) in [5.74, 6) is 0.958. The quantitative estimate of drug-likeness (QED) is 0.774. The molecular weight excluding hydrogens is 316 g/mol. The van der Waals surface area contributed by atoms with Gasteiger partial charge in [-0.1, -0.05) is 18.2 Å². The molecule has 1 aliphatic rings. The van der Waals surface area contributed by atoms with Gasteiger partial charge in [0, 0.05) is 19.6 Å². The third-order valence-electron chi connectivity index (χ3n) is 3.78. The fourth-order valence-electron chi connectivity index (χ4n) is 2.62. The molecule has 1 saturated heterocycles. The Balaban J connectivity index is 0.00000264. The molecule has 0 saturated carbocycles. The summed E-state index contributed by atoms with van der Waals surface area (Å²) in [4.78, 5) is 13.6. The zero-order valence-corrected chi connectivity index (χ0v) is 14.5. The Morgan fingerprint density at radius 2 is 1.96 bits per heavy atom. The van der Waals surface area contributed by atoms with Crippen LogP contribution in [0.15, 0.2) is 30.3 Å². The average Bonchev–Trinajstić information content (AvgIpc) is 2.54. The molecule has 5 nitrogen and oxygen atoms in total. The van der Waals surface area contributed by atoms with Gasteiger partial charge in [0.1, 0.15) is 11.9 Å². The molecule has 1 N–H and O–H groups in total. The maximum atomic E-state index is 11.1. The summed E-state index contributed by atoms with van der Waals surface area (Å²) in [5, 5.41) is 2.75. The van der Waals surface area contributed by atoms with Gasteiger partial charge in [-0.2, -0.15) is 0 Å². The van der Waals surface area contributed by atoms with Gasteiger partial charge in [-0.05, 0) is 44.9 Å². The standard InChI is InChI=1S/C17H26N2O3.ClH/c1-2-21-17(20)18-11-6-12-19-13-9-16(10-14-19)22-15-7-4-3-5-8-15;/h3-5,7-8,16H,2,6,9-14H2,1H3,(H,18,20);1H. The number of piperidine rings is 1. The number of benzene rings is 1. The lowest BCUT2D eigenvalue weighted by molar-refractivity contribution is 0.0997. The maximum absolute atomic E-state index is 11.1. The van der Waals surface area contributed by atoms with E-state index in [2.05, 4.69) is 10.2 Å². The van der Waals surface area contributed by atoms with Crippen molar-refractivity contribution in [2.45, 2.75) is 32.3 Å². The van der Waals surface area contributed by atoms with E-state index in [0.717, 1.165) is 44.6 Å². The van der Waals surface area contributed by atoms with Crippen molar-refractivity contribution in [3.63, 3.8) is 0 Å². The Labute approximate surface area is 144 Å². The summed E-state index contributed by atoms with van der Waals surface area (Å²) >= 11 is 0. The maximum Gasteiger partial charge on any atom is 0.407 e. The van der Waals surface area contributed by atoms with Gasteiger partial charge < -0.3 is 19.7 Å². The highest BCUT2D eigenvalue weighted by molar-refractivity contribution is 5.85. The van der Waals surface area contributed by atoms with Gasteiger partial charge >= 0.3 is 6.09 Å². The molecule has 6 heteroatoms. The van der Waals surface area contributed by atoms with Crippen molar-refractivity contribution < 1.29 is 14.3 Å². The molecule has 2 rings (SSSR count). The van der Waals surface area contributed by atoms with E-state index in [4.69, 9.17) is 9.47 Å². The Kier molecular flexibility index (Phi) is 9.48. The van der Waals surface area contributed by atoms with Crippen LogP contribution in [-0.4, -0.2) is 49.9 Å². The SMILES string of the molecule is CCOC(=O)NCCCN1CCC(Oc2ccccc2)CC1.Cl. The van der Waals surface area contributed by atoms with Crippen LogP contribution < -0.4 is 10.1 Å². The number of nitrogens with zero attached hydrogens (tertiary/aromatic N) is 1. The predicted octanol–water partition coefficient (Wildman–Crippen LogP) is 3.09. The smallest absolute Gasteiger partial charge is 0.407 e. The van der Waals surface area contributed by atoms with E-state index in [0.29, 0.717) is 19.3 Å². The topological polar surface area (TPSA) is 50.8 Å². The first-order chi connectivity index (χ1) is 10.8. The van der Waals surface area contributed by atoms with Gasteiger partial charge in [0.25, 0.3) is 0 Å². The molecule has 23 heavy (non-hydrogen) atoms. The molecule has 0 aliphatic carbocycles. The number of likely N-dealkylation sites (tertiary alicyclic amines) is 1. The molecule has 1 heterocycles. The van der Waals surface area contributed by atoms with Crippen LogP contribution in [0.25, 0.3) is 0 Å². The fraction of sp³-hybridized carbons (Fsp3) is 0.588. The van der Waals surface area contributed by atoms with Crippen molar-refractivity contribution in [3.05, 3.63) is 30.3 Å². The van der Waals surface area contributed by atoms with E-state index >= 15 is 0 Å². The van der Waals surface area contributed by atoms with E-state index in [-0.39, 0.29) is 18.5 Å². The molecule has 1 aliphatic heterocycles. The summed E-state index contributed by atoms with van der Waals surface area (Å²) in [6.07, 6.45) is 3.05. The molecular formula is C17H27ClN2O3. The molecule has 130 valence electrons. The van der Waals surface area contributed by atoms with E-state index in [9.17, 15) is 4.79 Å². The molecule has 1 aromatic carbocycles. The van der Waals surface area contributed by atoms with Crippen LogP contribution in [0.5, 0.6) is 5.75 Å².